The van der Waals surface area contributed by atoms with E-state index >= 15 is 0 Å². The van der Waals surface area contributed by atoms with E-state index in [-0.39, 0.29) is 6.04 Å². The van der Waals surface area contributed by atoms with Crippen molar-refractivity contribution in [2.45, 2.75) is 26.8 Å². The molecule has 2 nitrogen and oxygen atoms in total. The lowest BCUT2D eigenvalue weighted by Gasteiger charge is -2.21. The number of ether oxygens (including phenoxy) is 1. The van der Waals surface area contributed by atoms with Crippen LogP contribution in [0.4, 0.5) is 0 Å². The van der Waals surface area contributed by atoms with Crippen molar-refractivity contribution in [2.24, 2.45) is 0 Å². The third-order valence-corrected chi connectivity index (χ3v) is 3.63. The first kappa shape index (κ1) is 14.6. The normalized spacial score (nSPS) is 12.2. The van der Waals surface area contributed by atoms with E-state index in [9.17, 15) is 0 Å². The molecule has 0 heterocycles. The summed E-state index contributed by atoms with van der Waals surface area (Å²) in [6.45, 7) is 8.02. The maximum Gasteiger partial charge on any atom is 0.119 e. The Balaban J connectivity index is 2.12. The zero-order valence-electron chi connectivity index (χ0n) is 12.5. The summed E-state index contributed by atoms with van der Waals surface area (Å²) in [5, 5.41) is 3.51. The number of likely N-dealkylation sites (N-methyl/N-ethyl adjacent to an activating group) is 1. The molecule has 0 fully saturated rings. The van der Waals surface area contributed by atoms with Crippen LogP contribution in [0.1, 0.15) is 29.7 Å². The SMILES string of the molecule is CCNC(COc1ccccc1)c1cccc(C)c1C. The van der Waals surface area contributed by atoms with Gasteiger partial charge in [-0.25, -0.2) is 0 Å². The van der Waals surface area contributed by atoms with Crippen molar-refractivity contribution in [2.75, 3.05) is 13.2 Å². The van der Waals surface area contributed by atoms with E-state index in [1.165, 1.54) is 16.7 Å². The topological polar surface area (TPSA) is 21.3 Å². The van der Waals surface area contributed by atoms with Crippen molar-refractivity contribution in [1.29, 1.82) is 0 Å². The van der Waals surface area contributed by atoms with Crippen molar-refractivity contribution in [3.63, 3.8) is 0 Å². The Bertz CT molecular complexity index is 536. The van der Waals surface area contributed by atoms with Crippen LogP contribution in [-0.4, -0.2) is 13.2 Å². The van der Waals surface area contributed by atoms with Crippen molar-refractivity contribution in [1.82, 2.24) is 5.32 Å². The molecular formula is C18H23NO. The third kappa shape index (κ3) is 3.61. The standard InChI is InChI=1S/C18H23NO/c1-4-19-18(13-20-16-10-6-5-7-11-16)17-12-8-9-14(2)15(17)3/h5-12,18-19H,4,13H2,1-3H3. The number of nitrogens with one attached hydrogen (secondary N) is 1. The summed E-state index contributed by atoms with van der Waals surface area (Å²) >= 11 is 0. The molecule has 0 radical (unpaired) electrons. The number of rotatable bonds is 6. The summed E-state index contributed by atoms with van der Waals surface area (Å²) in [4.78, 5) is 0. The van der Waals surface area contributed by atoms with Gasteiger partial charge in [0, 0.05) is 0 Å². The molecule has 0 aliphatic heterocycles. The second-order valence-corrected chi connectivity index (χ2v) is 5.02. The molecule has 2 rings (SSSR count). The fourth-order valence-corrected chi connectivity index (χ4v) is 2.35. The van der Waals surface area contributed by atoms with E-state index in [1.54, 1.807) is 0 Å². The van der Waals surface area contributed by atoms with Gasteiger partial charge in [0.1, 0.15) is 12.4 Å². The van der Waals surface area contributed by atoms with Gasteiger partial charge in [-0.2, -0.15) is 0 Å². The van der Waals surface area contributed by atoms with Gasteiger partial charge in [0.2, 0.25) is 0 Å². The smallest absolute Gasteiger partial charge is 0.119 e. The second kappa shape index (κ2) is 7.11. The first-order valence-electron chi connectivity index (χ1n) is 7.19. The molecule has 1 atom stereocenters. The Morgan fingerprint density at radius 3 is 2.45 bits per heavy atom. The highest BCUT2D eigenvalue weighted by atomic mass is 16.5. The molecule has 0 saturated heterocycles. The van der Waals surface area contributed by atoms with Crippen LogP contribution in [0.5, 0.6) is 5.75 Å². The molecule has 0 saturated carbocycles. The summed E-state index contributed by atoms with van der Waals surface area (Å²) in [6.07, 6.45) is 0. The van der Waals surface area contributed by atoms with E-state index in [2.05, 4.69) is 44.3 Å². The fraction of sp³-hybridized carbons (Fsp3) is 0.333. The Kier molecular flexibility index (Phi) is 5.19. The van der Waals surface area contributed by atoms with Crippen LogP contribution in [0.3, 0.4) is 0 Å². The van der Waals surface area contributed by atoms with Crippen LogP contribution in [0.2, 0.25) is 0 Å². The number of aryl methyl sites for hydroxylation is 1. The van der Waals surface area contributed by atoms with Gasteiger partial charge in [-0.05, 0) is 49.2 Å². The second-order valence-electron chi connectivity index (χ2n) is 5.02. The molecule has 106 valence electrons. The van der Waals surface area contributed by atoms with Gasteiger partial charge in [0.05, 0.1) is 6.04 Å². The number of benzene rings is 2. The first-order valence-corrected chi connectivity index (χ1v) is 7.19. The van der Waals surface area contributed by atoms with Gasteiger partial charge >= 0.3 is 0 Å². The van der Waals surface area contributed by atoms with E-state index in [1.807, 2.05) is 30.3 Å². The minimum Gasteiger partial charge on any atom is -0.492 e. The lowest BCUT2D eigenvalue weighted by molar-refractivity contribution is 0.267. The molecular weight excluding hydrogens is 246 g/mol. The van der Waals surface area contributed by atoms with Gasteiger partial charge in [-0.1, -0.05) is 43.3 Å². The highest BCUT2D eigenvalue weighted by Crippen LogP contribution is 2.21. The van der Waals surface area contributed by atoms with Crippen molar-refractivity contribution < 1.29 is 4.74 Å². The van der Waals surface area contributed by atoms with Gasteiger partial charge in [-0.3, -0.25) is 0 Å². The first-order chi connectivity index (χ1) is 9.72. The molecule has 1 N–H and O–H groups in total. The van der Waals surface area contributed by atoms with Gasteiger partial charge < -0.3 is 10.1 Å². The van der Waals surface area contributed by atoms with Crippen molar-refractivity contribution >= 4 is 0 Å². The molecule has 0 amide bonds. The minimum absolute atomic E-state index is 0.222. The zero-order valence-corrected chi connectivity index (χ0v) is 12.5. The zero-order chi connectivity index (χ0) is 14.4. The lowest BCUT2D eigenvalue weighted by Crippen LogP contribution is -2.27. The predicted octanol–water partition coefficient (Wildman–Crippen LogP) is 4.03. The molecule has 2 heteroatoms. The van der Waals surface area contributed by atoms with Crippen LogP contribution in [-0.2, 0) is 0 Å². The number of hydrogen-bond acceptors (Lipinski definition) is 2. The van der Waals surface area contributed by atoms with Gasteiger partial charge in [-0.15, -0.1) is 0 Å². The van der Waals surface area contributed by atoms with Crippen LogP contribution in [0.15, 0.2) is 48.5 Å². The molecule has 0 aliphatic rings. The van der Waals surface area contributed by atoms with Gasteiger partial charge in [0.25, 0.3) is 0 Å². The van der Waals surface area contributed by atoms with Crippen LogP contribution >= 0.6 is 0 Å². The van der Waals surface area contributed by atoms with E-state index in [4.69, 9.17) is 4.74 Å². The number of hydrogen-bond donors (Lipinski definition) is 1. The average molecular weight is 269 g/mol. The predicted molar refractivity (Wildman–Crippen MR) is 84.3 cm³/mol. The van der Waals surface area contributed by atoms with Gasteiger partial charge in [0.15, 0.2) is 0 Å². The Labute approximate surface area is 121 Å². The molecule has 0 spiro atoms. The molecule has 0 aromatic heterocycles. The third-order valence-electron chi connectivity index (χ3n) is 3.63. The molecule has 1 unspecified atom stereocenters. The van der Waals surface area contributed by atoms with Crippen molar-refractivity contribution in [3.8, 4) is 5.75 Å². The van der Waals surface area contributed by atoms with Crippen molar-refractivity contribution in [3.05, 3.63) is 65.2 Å². The quantitative estimate of drug-likeness (QED) is 0.854. The summed E-state index contributed by atoms with van der Waals surface area (Å²) in [7, 11) is 0. The summed E-state index contributed by atoms with van der Waals surface area (Å²) < 4.78 is 5.91. The maximum atomic E-state index is 5.91. The highest BCUT2D eigenvalue weighted by molar-refractivity contribution is 5.35. The summed E-state index contributed by atoms with van der Waals surface area (Å²) in [5.41, 5.74) is 3.99. The van der Waals surface area contributed by atoms with E-state index < -0.39 is 0 Å². The maximum absolute atomic E-state index is 5.91. The van der Waals surface area contributed by atoms with Crippen LogP contribution in [0.25, 0.3) is 0 Å². The Hall–Kier alpha value is -1.80. The Morgan fingerprint density at radius 1 is 1.00 bits per heavy atom. The molecule has 0 bridgehead atoms. The highest BCUT2D eigenvalue weighted by Gasteiger charge is 2.14. The summed E-state index contributed by atoms with van der Waals surface area (Å²) in [5.74, 6) is 0.917. The molecule has 20 heavy (non-hydrogen) atoms. The van der Waals surface area contributed by atoms with Crippen LogP contribution < -0.4 is 10.1 Å². The monoisotopic (exact) mass is 269 g/mol. The van der Waals surface area contributed by atoms with Crippen LogP contribution in [0, 0.1) is 13.8 Å². The lowest BCUT2D eigenvalue weighted by atomic mass is 9.98. The molecule has 0 aliphatic carbocycles. The summed E-state index contributed by atoms with van der Waals surface area (Å²) in [6, 6.07) is 16.6. The minimum atomic E-state index is 0.222. The van der Waals surface area contributed by atoms with E-state index in [0.717, 1.165) is 12.3 Å². The van der Waals surface area contributed by atoms with E-state index in [0.29, 0.717) is 6.61 Å². The molecule has 2 aromatic rings. The molecule has 2 aromatic carbocycles. The fourth-order valence-electron chi connectivity index (χ4n) is 2.35. The number of para-hydroxylation sites is 1. The largest absolute Gasteiger partial charge is 0.492 e. The Morgan fingerprint density at radius 2 is 1.75 bits per heavy atom. The average Bonchev–Trinajstić information content (AvgIpc) is 2.48.